The normalized spacial score (nSPS) is 10.4. The Morgan fingerprint density at radius 2 is 1.75 bits per heavy atom. The number of anilines is 1. The van der Waals surface area contributed by atoms with Gasteiger partial charge < -0.3 is 14.6 Å². The van der Waals surface area contributed by atoms with Crippen LogP contribution in [0.3, 0.4) is 0 Å². The van der Waals surface area contributed by atoms with Crippen molar-refractivity contribution in [2.75, 3.05) is 5.32 Å². The predicted octanol–water partition coefficient (Wildman–Crippen LogP) is 4.59. The summed E-state index contributed by atoms with van der Waals surface area (Å²) < 4.78 is 10.8. The van der Waals surface area contributed by atoms with Gasteiger partial charge in [-0.2, -0.15) is 0 Å². The highest BCUT2D eigenvalue weighted by molar-refractivity contribution is 6.05. The zero-order valence-electron chi connectivity index (χ0n) is 13.6. The number of carbonyl (C=O) groups is 1. The quantitative estimate of drug-likeness (QED) is 0.746. The molecule has 0 aliphatic carbocycles. The van der Waals surface area contributed by atoms with Crippen molar-refractivity contribution >= 4 is 11.6 Å². The molecule has 3 aromatic rings. The van der Waals surface area contributed by atoms with Crippen LogP contribution in [0.2, 0.25) is 0 Å². The number of carbonyl (C=O) groups excluding carboxylic acids is 1. The summed E-state index contributed by atoms with van der Waals surface area (Å²) in [5.74, 6) is 1.77. The van der Waals surface area contributed by atoms with Gasteiger partial charge in [-0.25, -0.2) is 0 Å². The molecular formula is C19H18N2O3. The second kappa shape index (κ2) is 7.00. The molecule has 0 spiro atoms. The largest absolute Gasteiger partial charge is 0.457 e. The molecule has 0 fully saturated rings. The SMILES string of the molecule is CCc1noc(C)c1C(=O)Nc1ccc(Oc2ccccc2)cc1. The molecular weight excluding hydrogens is 304 g/mol. The highest BCUT2D eigenvalue weighted by Gasteiger charge is 2.19. The highest BCUT2D eigenvalue weighted by atomic mass is 16.5. The van der Waals surface area contributed by atoms with E-state index in [1.54, 1.807) is 19.1 Å². The van der Waals surface area contributed by atoms with E-state index in [2.05, 4.69) is 10.5 Å². The van der Waals surface area contributed by atoms with Gasteiger partial charge in [-0.3, -0.25) is 4.79 Å². The molecule has 0 radical (unpaired) electrons. The number of rotatable bonds is 5. The summed E-state index contributed by atoms with van der Waals surface area (Å²) in [7, 11) is 0. The molecule has 0 saturated heterocycles. The molecule has 0 bridgehead atoms. The Bertz CT molecular complexity index is 824. The molecule has 1 N–H and O–H groups in total. The summed E-state index contributed by atoms with van der Waals surface area (Å²) in [6, 6.07) is 16.7. The van der Waals surface area contributed by atoms with Crippen LogP contribution in [0.4, 0.5) is 5.69 Å². The van der Waals surface area contributed by atoms with Crippen LogP contribution in [-0.2, 0) is 6.42 Å². The lowest BCUT2D eigenvalue weighted by atomic mass is 10.1. The van der Waals surface area contributed by atoms with Crippen molar-refractivity contribution in [2.45, 2.75) is 20.3 Å². The molecule has 1 amide bonds. The van der Waals surface area contributed by atoms with Gasteiger partial charge in [0.2, 0.25) is 0 Å². The van der Waals surface area contributed by atoms with Gasteiger partial charge in [-0.05, 0) is 49.7 Å². The van der Waals surface area contributed by atoms with E-state index in [0.717, 1.165) is 5.75 Å². The Balaban J connectivity index is 1.70. The third-order valence-electron chi connectivity index (χ3n) is 3.59. The minimum Gasteiger partial charge on any atom is -0.457 e. The maximum absolute atomic E-state index is 12.4. The summed E-state index contributed by atoms with van der Waals surface area (Å²) in [5, 5.41) is 6.76. The first-order valence-corrected chi connectivity index (χ1v) is 7.77. The van der Waals surface area contributed by atoms with E-state index in [-0.39, 0.29) is 5.91 Å². The molecule has 3 rings (SSSR count). The van der Waals surface area contributed by atoms with Crippen LogP contribution in [-0.4, -0.2) is 11.1 Å². The average molecular weight is 322 g/mol. The van der Waals surface area contributed by atoms with Gasteiger partial charge in [0.1, 0.15) is 22.8 Å². The summed E-state index contributed by atoms with van der Waals surface area (Å²) in [5.41, 5.74) is 1.85. The Morgan fingerprint density at radius 3 is 2.42 bits per heavy atom. The minimum absolute atomic E-state index is 0.220. The number of aromatic nitrogens is 1. The third kappa shape index (κ3) is 3.46. The maximum atomic E-state index is 12.4. The molecule has 5 heteroatoms. The van der Waals surface area contributed by atoms with Crippen LogP contribution in [0.1, 0.15) is 28.7 Å². The van der Waals surface area contributed by atoms with Crippen LogP contribution < -0.4 is 10.1 Å². The highest BCUT2D eigenvalue weighted by Crippen LogP contribution is 2.23. The molecule has 0 saturated carbocycles. The molecule has 24 heavy (non-hydrogen) atoms. The third-order valence-corrected chi connectivity index (χ3v) is 3.59. The Kier molecular flexibility index (Phi) is 4.61. The van der Waals surface area contributed by atoms with Gasteiger partial charge in [0.25, 0.3) is 5.91 Å². The number of hydrogen-bond donors (Lipinski definition) is 1. The van der Waals surface area contributed by atoms with Crippen LogP contribution >= 0.6 is 0 Å². The number of ether oxygens (including phenoxy) is 1. The van der Waals surface area contributed by atoms with Crippen LogP contribution in [0.25, 0.3) is 0 Å². The molecule has 2 aromatic carbocycles. The second-order valence-electron chi connectivity index (χ2n) is 5.31. The van der Waals surface area contributed by atoms with E-state index in [1.807, 2.05) is 49.4 Å². The van der Waals surface area contributed by atoms with Crippen molar-refractivity contribution in [2.24, 2.45) is 0 Å². The molecule has 5 nitrogen and oxygen atoms in total. The molecule has 0 atom stereocenters. The van der Waals surface area contributed by atoms with E-state index in [0.29, 0.717) is 34.9 Å². The fraction of sp³-hybridized carbons (Fsp3) is 0.158. The lowest BCUT2D eigenvalue weighted by molar-refractivity contribution is 0.102. The monoisotopic (exact) mass is 322 g/mol. The number of amides is 1. The van der Waals surface area contributed by atoms with Gasteiger partial charge in [0, 0.05) is 5.69 Å². The summed E-state index contributed by atoms with van der Waals surface area (Å²) >= 11 is 0. The lowest BCUT2D eigenvalue weighted by Gasteiger charge is -2.08. The number of hydrogen-bond acceptors (Lipinski definition) is 4. The number of nitrogens with one attached hydrogen (secondary N) is 1. The first kappa shape index (κ1) is 15.8. The smallest absolute Gasteiger partial charge is 0.261 e. The Hall–Kier alpha value is -3.08. The van der Waals surface area contributed by atoms with E-state index in [1.165, 1.54) is 0 Å². The van der Waals surface area contributed by atoms with E-state index in [4.69, 9.17) is 9.26 Å². The zero-order chi connectivity index (χ0) is 16.9. The number of para-hydroxylation sites is 1. The molecule has 1 aromatic heterocycles. The van der Waals surface area contributed by atoms with Crippen molar-refractivity contribution in [3.05, 3.63) is 71.6 Å². The standard InChI is InChI=1S/C19H18N2O3/c1-3-17-18(13(2)24-21-17)19(22)20-14-9-11-16(12-10-14)23-15-7-5-4-6-8-15/h4-12H,3H2,1-2H3,(H,20,22). The second-order valence-corrected chi connectivity index (χ2v) is 5.31. The first-order chi connectivity index (χ1) is 11.7. The minimum atomic E-state index is -0.220. The van der Waals surface area contributed by atoms with E-state index >= 15 is 0 Å². The summed E-state index contributed by atoms with van der Waals surface area (Å²) in [6.07, 6.45) is 0.643. The topological polar surface area (TPSA) is 64.4 Å². The van der Waals surface area contributed by atoms with Gasteiger partial charge in [0.15, 0.2) is 0 Å². The Labute approximate surface area is 140 Å². The lowest BCUT2D eigenvalue weighted by Crippen LogP contribution is -2.14. The first-order valence-electron chi connectivity index (χ1n) is 7.77. The maximum Gasteiger partial charge on any atom is 0.261 e. The van der Waals surface area contributed by atoms with Gasteiger partial charge in [-0.1, -0.05) is 30.3 Å². The molecule has 1 heterocycles. The molecule has 0 aliphatic rings. The van der Waals surface area contributed by atoms with Crippen LogP contribution in [0, 0.1) is 6.92 Å². The molecule has 122 valence electrons. The van der Waals surface area contributed by atoms with Crippen molar-refractivity contribution in [3.8, 4) is 11.5 Å². The Morgan fingerprint density at radius 1 is 1.08 bits per heavy atom. The number of benzene rings is 2. The average Bonchev–Trinajstić information content (AvgIpc) is 2.98. The predicted molar refractivity (Wildman–Crippen MR) is 91.5 cm³/mol. The van der Waals surface area contributed by atoms with Gasteiger partial charge in [-0.15, -0.1) is 0 Å². The fourth-order valence-corrected chi connectivity index (χ4v) is 2.37. The van der Waals surface area contributed by atoms with E-state index in [9.17, 15) is 4.79 Å². The van der Waals surface area contributed by atoms with Crippen molar-refractivity contribution < 1.29 is 14.1 Å². The van der Waals surface area contributed by atoms with Crippen molar-refractivity contribution in [1.29, 1.82) is 0 Å². The van der Waals surface area contributed by atoms with Crippen molar-refractivity contribution in [3.63, 3.8) is 0 Å². The fourth-order valence-electron chi connectivity index (χ4n) is 2.37. The van der Waals surface area contributed by atoms with Crippen molar-refractivity contribution in [1.82, 2.24) is 5.16 Å². The van der Waals surface area contributed by atoms with E-state index < -0.39 is 0 Å². The number of nitrogens with zero attached hydrogens (tertiary/aromatic N) is 1. The van der Waals surface area contributed by atoms with Crippen LogP contribution in [0.5, 0.6) is 11.5 Å². The summed E-state index contributed by atoms with van der Waals surface area (Å²) in [6.45, 7) is 3.67. The number of aryl methyl sites for hydroxylation is 2. The van der Waals surface area contributed by atoms with Crippen LogP contribution in [0.15, 0.2) is 59.1 Å². The molecule has 0 unspecified atom stereocenters. The zero-order valence-corrected chi connectivity index (χ0v) is 13.6. The van der Waals surface area contributed by atoms with Gasteiger partial charge >= 0.3 is 0 Å². The van der Waals surface area contributed by atoms with Gasteiger partial charge in [0.05, 0.1) is 5.69 Å². The molecule has 0 aliphatic heterocycles. The summed E-state index contributed by atoms with van der Waals surface area (Å²) in [4.78, 5) is 12.4.